The zero-order valence-electron chi connectivity index (χ0n) is 19.0. The van der Waals surface area contributed by atoms with Gasteiger partial charge in [-0.3, -0.25) is 4.79 Å². The number of ether oxygens (including phenoxy) is 2. The van der Waals surface area contributed by atoms with Gasteiger partial charge in [-0.05, 0) is 67.7 Å². The normalized spacial score (nSPS) is 24.4. The number of carbonyl (C=O) groups excluding carboxylic acids is 1. The molecule has 0 aliphatic heterocycles. The quantitative estimate of drug-likeness (QED) is 0.601. The van der Waals surface area contributed by atoms with E-state index in [2.05, 4.69) is 27.4 Å². The lowest BCUT2D eigenvalue weighted by molar-refractivity contribution is -0.138. The number of hydrogen-bond acceptors (Lipinski definition) is 6. The first-order valence-corrected chi connectivity index (χ1v) is 11.4. The topological polar surface area (TPSA) is 99.4 Å². The van der Waals surface area contributed by atoms with Crippen LogP contribution < -0.4 is 20.5 Å². The Balaban J connectivity index is 1.34. The third-order valence-electron chi connectivity index (χ3n) is 7.34. The van der Waals surface area contributed by atoms with Crippen molar-refractivity contribution in [2.45, 2.75) is 50.5 Å². The van der Waals surface area contributed by atoms with Crippen molar-refractivity contribution < 1.29 is 18.7 Å². The Bertz CT molecular complexity index is 984. The predicted molar refractivity (Wildman–Crippen MR) is 122 cm³/mol. The first kappa shape index (κ1) is 23.2. The van der Waals surface area contributed by atoms with Gasteiger partial charge in [0.05, 0.1) is 25.7 Å². The summed E-state index contributed by atoms with van der Waals surface area (Å²) in [4.78, 5) is 21.4. The third kappa shape index (κ3) is 4.85. The van der Waals surface area contributed by atoms with Gasteiger partial charge in [0, 0.05) is 23.7 Å². The van der Waals surface area contributed by atoms with Crippen molar-refractivity contribution in [1.29, 1.82) is 0 Å². The molecule has 1 heterocycles. The van der Waals surface area contributed by atoms with Crippen LogP contribution >= 0.6 is 0 Å². The maximum absolute atomic E-state index is 13.1. The predicted octanol–water partition coefficient (Wildman–Crippen LogP) is 3.58. The van der Waals surface area contributed by atoms with Crippen LogP contribution in [0, 0.1) is 5.41 Å². The molecule has 5 rings (SSSR count). The average molecular weight is 455 g/mol. The van der Waals surface area contributed by atoms with Gasteiger partial charge in [0.25, 0.3) is 0 Å². The van der Waals surface area contributed by atoms with E-state index in [9.17, 15) is 9.18 Å². The van der Waals surface area contributed by atoms with Crippen LogP contribution in [-0.2, 0) is 16.8 Å². The molecule has 1 aromatic heterocycles. The molecule has 3 aliphatic rings. The molecule has 1 amide bonds. The Labute approximate surface area is 193 Å². The highest BCUT2D eigenvalue weighted by Crippen LogP contribution is 2.57. The van der Waals surface area contributed by atoms with E-state index in [-0.39, 0.29) is 29.9 Å². The van der Waals surface area contributed by atoms with Gasteiger partial charge >= 0.3 is 6.01 Å². The number of carbonyl (C=O) groups is 1. The molecular formula is C25H31FN4O3. The summed E-state index contributed by atoms with van der Waals surface area (Å²) < 4.78 is 23.4. The summed E-state index contributed by atoms with van der Waals surface area (Å²) in [5.74, 6) is 0.818. The molecule has 0 atom stereocenters. The largest absolute Gasteiger partial charge is 0.489 e. The van der Waals surface area contributed by atoms with Crippen LogP contribution in [0.4, 0.5) is 4.39 Å². The summed E-state index contributed by atoms with van der Waals surface area (Å²) in [6.45, 7) is 0.659. The zero-order valence-corrected chi connectivity index (χ0v) is 19.0. The highest BCUT2D eigenvalue weighted by molar-refractivity contribution is 5.83. The standard InChI is InChI=1S/C25H31FN4O3/c1-32-23-28-13-6-20(30-23)16-29-22(31)25-10-7-24(8-11-25,9-12-25)19-2-4-21(5-3-19)33-17-18(14-26)15-27/h2-6,13-14H,7-12,15-17,27H2,1H3,(H,29,31). The molecule has 7 nitrogen and oxygen atoms in total. The van der Waals surface area contributed by atoms with Crippen LogP contribution in [-0.4, -0.2) is 36.1 Å². The number of aromatic nitrogens is 2. The minimum atomic E-state index is -0.292. The van der Waals surface area contributed by atoms with E-state index in [1.807, 2.05) is 12.1 Å². The third-order valence-corrected chi connectivity index (χ3v) is 7.34. The molecule has 1 aromatic carbocycles. The molecule has 3 saturated carbocycles. The summed E-state index contributed by atoms with van der Waals surface area (Å²) in [7, 11) is 1.52. The monoisotopic (exact) mass is 454 g/mol. The average Bonchev–Trinajstić information content (AvgIpc) is 2.89. The van der Waals surface area contributed by atoms with Crippen LogP contribution in [0.15, 0.2) is 48.4 Å². The summed E-state index contributed by atoms with van der Waals surface area (Å²) in [6, 6.07) is 10.2. The van der Waals surface area contributed by atoms with Crippen LogP contribution in [0.3, 0.4) is 0 Å². The Morgan fingerprint density at radius 2 is 1.85 bits per heavy atom. The molecular weight excluding hydrogens is 423 g/mol. The van der Waals surface area contributed by atoms with E-state index in [0.717, 1.165) is 44.2 Å². The van der Waals surface area contributed by atoms with E-state index in [0.29, 0.717) is 30.2 Å². The number of nitrogens with zero attached hydrogens (tertiary/aromatic N) is 2. The lowest BCUT2D eigenvalue weighted by Gasteiger charge is -2.52. The molecule has 0 radical (unpaired) electrons. The number of hydrogen-bond donors (Lipinski definition) is 2. The summed E-state index contributed by atoms with van der Waals surface area (Å²) in [5.41, 5.74) is 7.74. The van der Waals surface area contributed by atoms with Gasteiger partial charge in [-0.25, -0.2) is 9.37 Å². The van der Waals surface area contributed by atoms with E-state index in [1.54, 1.807) is 12.3 Å². The molecule has 3 N–H and O–H groups in total. The summed E-state index contributed by atoms with van der Waals surface area (Å²) >= 11 is 0. The maximum Gasteiger partial charge on any atom is 0.316 e. The van der Waals surface area contributed by atoms with E-state index < -0.39 is 0 Å². The molecule has 8 heteroatoms. The number of fused-ring (bicyclic) bond motifs is 3. The number of nitrogens with two attached hydrogens (primary N) is 1. The number of methoxy groups -OCH3 is 1. The van der Waals surface area contributed by atoms with Gasteiger partial charge in [0.1, 0.15) is 12.4 Å². The molecule has 0 spiro atoms. The van der Waals surface area contributed by atoms with Crippen molar-refractivity contribution in [3.63, 3.8) is 0 Å². The first-order valence-electron chi connectivity index (χ1n) is 11.4. The highest BCUT2D eigenvalue weighted by atomic mass is 19.1. The molecule has 3 fully saturated rings. The van der Waals surface area contributed by atoms with Crippen LogP contribution in [0.25, 0.3) is 0 Å². The molecule has 2 aromatic rings. The van der Waals surface area contributed by atoms with Crippen molar-refractivity contribution in [2.75, 3.05) is 20.3 Å². The number of nitrogens with one attached hydrogen (secondary N) is 1. The van der Waals surface area contributed by atoms with Crippen LogP contribution in [0.1, 0.15) is 49.8 Å². The van der Waals surface area contributed by atoms with Crippen molar-refractivity contribution in [1.82, 2.24) is 15.3 Å². The Kier molecular flexibility index (Phi) is 6.93. The second-order valence-corrected chi connectivity index (χ2v) is 9.06. The molecule has 2 bridgehead atoms. The molecule has 0 saturated heterocycles. The Hall–Kier alpha value is -3.00. The highest BCUT2D eigenvalue weighted by Gasteiger charge is 2.52. The summed E-state index contributed by atoms with van der Waals surface area (Å²) in [6.07, 6.45) is 7.75. The van der Waals surface area contributed by atoms with E-state index in [4.69, 9.17) is 15.2 Å². The molecule has 33 heavy (non-hydrogen) atoms. The van der Waals surface area contributed by atoms with Crippen molar-refractivity contribution in [3.05, 3.63) is 59.7 Å². The fraction of sp³-hybridized carbons (Fsp3) is 0.480. The maximum atomic E-state index is 13.1. The van der Waals surface area contributed by atoms with Gasteiger partial charge in [-0.2, -0.15) is 4.98 Å². The number of amides is 1. The van der Waals surface area contributed by atoms with Crippen molar-refractivity contribution in [2.24, 2.45) is 11.1 Å². The molecule has 0 unspecified atom stereocenters. The lowest BCUT2D eigenvalue weighted by atomic mass is 9.51. The van der Waals surface area contributed by atoms with Gasteiger partial charge in [0.15, 0.2) is 0 Å². The second-order valence-electron chi connectivity index (χ2n) is 9.06. The van der Waals surface area contributed by atoms with E-state index >= 15 is 0 Å². The van der Waals surface area contributed by atoms with Gasteiger partial charge in [-0.1, -0.05) is 12.1 Å². The lowest BCUT2D eigenvalue weighted by Crippen LogP contribution is -2.51. The second kappa shape index (κ2) is 9.87. The van der Waals surface area contributed by atoms with Gasteiger partial charge in [0.2, 0.25) is 5.91 Å². The smallest absolute Gasteiger partial charge is 0.316 e. The Morgan fingerprint density at radius 1 is 1.15 bits per heavy atom. The summed E-state index contributed by atoms with van der Waals surface area (Å²) in [5, 5.41) is 3.09. The van der Waals surface area contributed by atoms with Crippen LogP contribution in [0.5, 0.6) is 11.8 Å². The van der Waals surface area contributed by atoms with Crippen LogP contribution in [0.2, 0.25) is 0 Å². The van der Waals surface area contributed by atoms with Gasteiger partial charge < -0.3 is 20.5 Å². The first-order chi connectivity index (χ1) is 16.0. The Morgan fingerprint density at radius 3 is 2.45 bits per heavy atom. The van der Waals surface area contributed by atoms with Crippen molar-refractivity contribution in [3.8, 4) is 11.8 Å². The minimum Gasteiger partial charge on any atom is -0.489 e. The van der Waals surface area contributed by atoms with Gasteiger partial charge in [-0.15, -0.1) is 0 Å². The fourth-order valence-electron chi connectivity index (χ4n) is 5.11. The van der Waals surface area contributed by atoms with E-state index in [1.165, 1.54) is 12.7 Å². The number of halogens is 1. The minimum absolute atomic E-state index is 0.113. The van der Waals surface area contributed by atoms with Crippen molar-refractivity contribution >= 4 is 5.91 Å². The zero-order chi connectivity index (χ0) is 23.3. The molecule has 3 aliphatic carbocycles. The number of rotatable bonds is 9. The SMILES string of the molecule is COc1nccc(CNC(=O)C23CCC(c4ccc(OCC(=CF)CN)cc4)(CC2)CC3)n1. The fourth-order valence-corrected chi connectivity index (χ4v) is 5.11. The molecule has 176 valence electrons. The number of benzene rings is 1.